The van der Waals surface area contributed by atoms with E-state index < -0.39 is 41.7 Å². The highest BCUT2D eigenvalue weighted by molar-refractivity contribution is 7.87. The molecule has 0 aliphatic carbocycles. The average molecular weight is 535 g/mol. The van der Waals surface area contributed by atoms with Crippen molar-refractivity contribution in [1.82, 2.24) is 0 Å². The van der Waals surface area contributed by atoms with E-state index in [1.807, 2.05) is 0 Å². The lowest BCUT2D eigenvalue weighted by atomic mass is 10.0. The third-order valence-electron chi connectivity index (χ3n) is 6.22. The summed E-state index contributed by atoms with van der Waals surface area (Å²) >= 11 is 0. The molecule has 2 rings (SSSR count). The largest absolute Gasteiger partial charge is 0.417 e. The molecule has 0 N–H and O–H groups in total. The molecule has 2 aromatic carbocycles. The summed E-state index contributed by atoms with van der Waals surface area (Å²) in [5, 5.41) is -0.0315. The maximum Gasteiger partial charge on any atom is 0.417 e. The fourth-order valence-corrected chi connectivity index (χ4v) is 6.89. The van der Waals surface area contributed by atoms with Crippen molar-refractivity contribution in [2.45, 2.75) is 83.5 Å². The molecular formula is C27H33F6O2P. The highest BCUT2D eigenvalue weighted by atomic mass is 31.2. The van der Waals surface area contributed by atoms with Crippen LogP contribution >= 0.6 is 7.14 Å². The predicted octanol–water partition coefficient (Wildman–Crippen LogP) is 9.47. The predicted molar refractivity (Wildman–Crippen MR) is 131 cm³/mol. The summed E-state index contributed by atoms with van der Waals surface area (Å²) < 4.78 is 96.1. The van der Waals surface area contributed by atoms with Crippen molar-refractivity contribution in [2.75, 3.05) is 6.16 Å². The first kappa shape index (κ1) is 30.1. The van der Waals surface area contributed by atoms with Crippen LogP contribution in [0.25, 0.3) is 0 Å². The lowest BCUT2D eigenvalue weighted by molar-refractivity contribution is -0.143. The molecule has 2 nitrogen and oxygen atoms in total. The van der Waals surface area contributed by atoms with Gasteiger partial charge in [0.05, 0.1) is 16.7 Å². The highest BCUT2D eigenvalue weighted by Crippen LogP contribution is 2.52. The van der Waals surface area contributed by atoms with Gasteiger partial charge in [0, 0.05) is 11.5 Å². The molecule has 1 atom stereocenters. The molecule has 0 aliphatic heterocycles. The fourth-order valence-electron chi connectivity index (χ4n) is 4.27. The van der Waals surface area contributed by atoms with Crippen molar-refractivity contribution in [1.29, 1.82) is 0 Å². The number of alkyl halides is 6. The first-order valence-corrected chi connectivity index (χ1v) is 14.3. The Labute approximate surface area is 208 Å². The van der Waals surface area contributed by atoms with Crippen LogP contribution in [0.3, 0.4) is 0 Å². The minimum Gasteiger partial charge on any atom is -0.310 e. The number of carbonyl (C=O) groups is 1. The number of halogens is 6. The topological polar surface area (TPSA) is 34.1 Å². The Kier molecular flexibility index (Phi) is 11.3. The van der Waals surface area contributed by atoms with Gasteiger partial charge in [-0.15, -0.1) is 0 Å². The zero-order valence-corrected chi connectivity index (χ0v) is 21.3. The Morgan fingerprint density at radius 3 is 1.56 bits per heavy atom. The first-order valence-electron chi connectivity index (χ1n) is 12.4. The Morgan fingerprint density at radius 2 is 1.11 bits per heavy atom. The van der Waals surface area contributed by atoms with Gasteiger partial charge >= 0.3 is 12.4 Å². The van der Waals surface area contributed by atoms with Crippen molar-refractivity contribution >= 4 is 18.0 Å². The molecule has 200 valence electrons. The number of benzene rings is 2. The van der Waals surface area contributed by atoms with Gasteiger partial charge in [0.15, 0.2) is 7.14 Å². The Bertz CT molecular complexity index is 983. The van der Waals surface area contributed by atoms with Gasteiger partial charge in [-0.1, -0.05) is 101 Å². The molecule has 0 saturated carbocycles. The molecule has 36 heavy (non-hydrogen) atoms. The van der Waals surface area contributed by atoms with Crippen LogP contribution in [0, 0.1) is 0 Å². The number of hydrogen-bond donors (Lipinski definition) is 0. The van der Waals surface area contributed by atoms with Gasteiger partial charge in [-0.2, -0.15) is 26.3 Å². The molecule has 0 radical (unpaired) electrons. The van der Waals surface area contributed by atoms with Crippen LogP contribution in [0.2, 0.25) is 0 Å². The second kappa shape index (κ2) is 13.5. The standard InChI is InChI=1S/C27H33F6O2P/c1-2-3-4-5-6-7-8-9-10-14-20-36(35,21-16-12-11-13-17-21)25(34)24-22(26(28,29)30)18-15-19-23(24)27(31,32)33/h11-13,15-19H,2-10,14,20H2,1H3. The molecule has 2 aromatic rings. The first-order chi connectivity index (χ1) is 16.9. The molecule has 0 spiro atoms. The van der Waals surface area contributed by atoms with Crippen molar-refractivity contribution in [3.63, 3.8) is 0 Å². The molecule has 0 fully saturated rings. The average Bonchev–Trinajstić information content (AvgIpc) is 2.83. The van der Waals surface area contributed by atoms with Crippen LogP contribution in [0.4, 0.5) is 26.3 Å². The summed E-state index contributed by atoms with van der Waals surface area (Å²) in [6.45, 7) is 2.14. The second-order valence-corrected chi connectivity index (χ2v) is 11.9. The number of unbranched alkanes of at least 4 members (excludes halogenated alkanes) is 9. The molecule has 0 aliphatic rings. The minimum absolute atomic E-state index is 0.0315. The Balaban J connectivity index is 2.28. The molecule has 9 heteroatoms. The number of hydrogen-bond acceptors (Lipinski definition) is 2. The van der Waals surface area contributed by atoms with Crippen molar-refractivity contribution in [2.24, 2.45) is 0 Å². The van der Waals surface area contributed by atoms with Crippen molar-refractivity contribution in [3.05, 3.63) is 65.2 Å². The van der Waals surface area contributed by atoms with Gasteiger partial charge in [0.25, 0.3) is 0 Å². The lowest BCUT2D eigenvalue weighted by Gasteiger charge is -2.23. The fraction of sp³-hybridized carbons (Fsp3) is 0.519. The van der Waals surface area contributed by atoms with Gasteiger partial charge in [-0.05, 0) is 18.6 Å². The summed E-state index contributed by atoms with van der Waals surface area (Å²) in [6, 6.07) is 8.64. The van der Waals surface area contributed by atoms with Gasteiger partial charge in [0.1, 0.15) is 0 Å². The van der Waals surface area contributed by atoms with Crippen molar-refractivity contribution < 1.29 is 35.7 Å². The summed E-state index contributed by atoms with van der Waals surface area (Å²) in [5.41, 5.74) is -6.59. The van der Waals surface area contributed by atoms with E-state index in [9.17, 15) is 35.7 Å². The van der Waals surface area contributed by atoms with Gasteiger partial charge in [0.2, 0.25) is 5.52 Å². The summed E-state index contributed by atoms with van der Waals surface area (Å²) in [4.78, 5) is 13.4. The minimum atomic E-state index is -5.22. The van der Waals surface area contributed by atoms with Crippen LogP contribution in [0.15, 0.2) is 48.5 Å². The van der Waals surface area contributed by atoms with E-state index in [0.717, 1.165) is 38.5 Å². The van der Waals surface area contributed by atoms with Gasteiger partial charge < -0.3 is 4.57 Å². The zero-order chi connectivity index (χ0) is 26.8. The lowest BCUT2D eigenvalue weighted by Crippen LogP contribution is -2.24. The molecule has 1 unspecified atom stereocenters. The molecule has 0 aromatic heterocycles. The van der Waals surface area contributed by atoms with Crippen LogP contribution in [-0.4, -0.2) is 11.7 Å². The SMILES string of the molecule is CCCCCCCCCCCCP(=O)(C(=O)c1c(C(F)(F)F)cccc1C(F)(F)F)c1ccccc1. The maximum absolute atomic E-state index is 14.0. The summed E-state index contributed by atoms with van der Waals surface area (Å²) in [6.07, 6.45) is -1.27. The normalized spacial score (nSPS) is 14.0. The smallest absolute Gasteiger partial charge is 0.310 e. The Hall–Kier alpha value is -2.08. The zero-order valence-electron chi connectivity index (χ0n) is 20.4. The third-order valence-corrected chi connectivity index (χ3v) is 9.18. The van der Waals surface area contributed by atoms with E-state index in [2.05, 4.69) is 6.92 Å². The van der Waals surface area contributed by atoms with E-state index in [1.165, 1.54) is 37.1 Å². The molecular weight excluding hydrogens is 501 g/mol. The van der Waals surface area contributed by atoms with Crippen LogP contribution in [0.1, 0.15) is 92.6 Å². The van der Waals surface area contributed by atoms with E-state index in [0.29, 0.717) is 24.6 Å². The third kappa shape index (κ3) is 8.22. The molecule has 0 heterocycles. The molecule has 0 bridgehead atoms. The van der Waals surface area contributed by atoms with Crippen LogP contribution in [0.5, 0.6) is 0 Å². The second-order valence-electron chi connectivity index (χ2n) is 9.01. The Morgan fingerprint density at radius 1 is 0.667 bits per heavy atom. The molecule has 0 saturated heterocycles. The van der Waals surface area contributed by atoms with E-state index in [1.54, 1.807) is 6.07 Å². The van der Waals surface area contributed by atoms with E-state index in [-0.39, 0.29) is 17.9 Å². The number of rotatable bonds is 14. The van der Waals surface area contributed by atoms with E-state index >= 15 is 0 Å². The maximum atomic E-state index is 14.0. The van der Waals surface area contributed by atoms with E-state index in [4.69, 9.17) is 0 Å². The van der Waals surface area contributed by atoms with Crippen LogP contribution < -0.4 is 5.30 Å². The quantitative estimate of drug-likeness (QED) is 0.137. The molecule has 0 amide bonds. The van der Waals surface area contributed by atoms with Crippen LogP contribution in [-0.2, 0) is 16.9 Å². The van der Waals surface area contributed by atoms with Crippen molar-refractivity contribution in [3.8, 4) is 0 Å². The van der Waals surface area contributed by atoms with Gasteiger partial charge in [-0.25, -0.2) is 0 Å². The summed E-state index contributed by atoms with van der Waals surface area (Å²) in [7, 11) is -4.29. The monoisotopic (exact) mass is 534 g/mol. The highest BCUT2D eigenvalue weighted by Gasteiger charge is 2.47. The van der Waals surface area contributed by atoms with Gasteiger partial charge in [-0.3, -0.25) is 4.79 Å². The number of carbonyl (C=O) groups excluding carboxylic acids is 1. The summed E-state index contributed by atoms with van der Waals surface area (Å²) in [5.74, 6) is 0.